The van der Waals surface area contributed by atoms with Crippen LogP contribution in [-0.4, -0.2) is 10.8 Å². The molecule has 15 heavy (non-hydrogen) atoms. The van der Waals surface area contributed by atoms with Gasteiger partial charge in [0.05, 0.1) is 0 Å². The van der Waals surface area contributed by atoms with Crippen molar-refractivity contribution < 1.29 is 4.79 Å². The Kier molecular flexibility index (Phi) is 3.52. The van der Waals surface area contributed by atoms with Crippen molar-refractivity contribution in [3.05, 3.63) is 28.5 Å². The van der Waals surface area contributed by atoms with Gasteiger partial charge in [-0.25, -0.2) is 0 Å². The molecule has 1 saturated carbocycles. The summed E-state index contributed by atoms with van der Waals surface area (Å²) in [6.45, 7) is 0. The summed E-state index contributed by atoms with van der Waals surface area (Å²) >= 11 is 3.33. The van der Waals surface area contributed by atoms with Crippen molar-refractivity contribution in [1.29, 1.82) is 0 Å². The number of hydrogen-bond acceptors (Lipinski definition) is 2. The average Bonchev–Trinajstić information content (AvgIpc) is 2.70. The molecule has 1 heterocycles. The fraction of sp³-hybridized carbons (Fsp3) is 0.500. The largest absolute Gasteiger partial charge is 0.294 e. The summed E-state index contributed by atoms with van der Waals surface area (Å²) in [6, 6.07) is 1.85. The van der Waals surface area contributed by atoms with Crippen molar-refractivity contribution in [2.45, 2.75) is 32.1 Å². The van der Waals surface area contributed by atoms with E-state index < -0.39 is 0 Å². The lowest BCUT2D eigenvalue weighted by molar-refractivity contribution is 0.0961. The maximum Gasteiger partial charge on any atom is 0.164 e. The van der Waals surface area contributed by atoms with Crippen molar-refractivity contribution in [1.82, 2.24) is 4.98 Å². The van der Waals surface area contributed by atoms with Crippen molar-refractivity contribution in [2.75, 3.05) is 0 Å². The molecule has 3 heteroatoms. The van der Waals surface area contributed by atoms with Gasteiger partial charge in [-0.1, -0.05) is 25.7 Å². The van der Waals surface area contributed by atoms with Gasteiger partial charge in [-0.2, -0.15) is 0 Å². The van der Waals surface area contributed by atoms with E-state index in [0.29, 0.717) is 12.3 Å². The SMILES string of the molecule is O=C(CC1CCCC1)c1cncc(Br)c1. The fourth-order valence-corrected chi connectivity index (χ4v) is 2.52. The average molecular weight is 268 g/mol. The number of halogens is 1. The van der Waals surface area contributed by atoms with Gasteiger partial charge < -0.3 is 0 Å². The van der Waals surface area contributed by atoms with Gasteiger partial charge in [-0.15, -0.1) is 0 Å². The summed E-state index contributed by atoms with van der Waals surface area (Å²) in [6.07, 6.45) is 9.05. The molecule has 0 spiro atoms. The molecule has 0 aliphatic heterocycles. The van der Waals surface area contributed by atoms with E-state index in [1.54, 1.807) is 12.4 Å². The topological polar surface area (TPSA) is 30.0 Å². The van der Waals surface area contributed by atoms with Gasteiger partial charge in [-0.05, 0) is 27.9 Å². The number of nitrogens with zero attached hydrogens (tertiary/aromatic N) is 1. The van der Waals surface area contributed by atoms with Gasteiger partial charge >= 0.3 is 0 Å². The van der Waals surface area contributed by atoms with Crippen LogP contribution in [0.5, 0.6) is 0 Å². The Morgan fingerprint density at radius 3 is 2.80 bits per heavy atom. The Morgan fingerprint density at radius 2 is 2.13 bits per heavy atom. The van der Waals surface area contributed by atoms with Gasteiger partial charge in [0.2, 0.25) is 0 Å². The predicted molar refractivity (Wildman–Crippen MR) is 62.8 cm³/mol. The molecule has 0 aromatic carbocycles. The summed E-state index contributed by atoms with van der Waals surface area (Å²) in [4.78, 5) is 15.9. The Labute approximate surface area is 98.2 Å². The van der Waals surface area contributed by atoms with E-state index in [4.69, 9.17) is 0 Å². The van der Waals surface area contributed by atoms with E-state index >= 15 is 0 Å². The highest BCUT2D eigenvalue weighted by Crippen LogP contribution is 2.28. The maximum absolute atomic E-state index is 11.9. The quantitative estimate of drug-likeness (QED) is 0.784. The van der Waals surface area contributed by atoms with Crippen LogP contribution in [0.15, 0.2) is 22.9 Å². The van der Waals surface area contributed by atoms with Crippen molar-refractivity contribution >= 4 is 21.7 Å². The zero-order valence-electron chi connectivity index (χ0n) is 8.58. The summed E-state index contributed by atoms with van der Waals surface area (Å²) < 4.78 is 0.875. The second kappa shape index (κ2) is 4.88. The first-order chi connectivity index (χ1) is 7.25. The second-order valence-corrected chi connectivity index (χ2v) is 5.09. The number of rotatable bonds is 3. The number of carbonyl (C=O) groups is 1. The summed E-state index contributed by atoms with van der Waals surface area (Å²) in [5, 5.41) is 0. The first-order valence-corrected chi connectivity index (χ1v) is 6.19. The monoisotopic (exact) mass is 267 g/mol. The molecule has 1 aromatic rings. The lowest BCUT2D eigenvalue weighted by atomic mass is 9.98. The molecule has 0 unspecified atom stereocenters. The third kappa shape index (κ3) is 2.88. The van der Waals surface area contributed by atoms with Gasteiger partial charge in [0.15, 0.2) is 5.78 Å². The molecule has 1 fully saturated rings. The number of ketones is 1. The molecule has 80 valence electrons. The van der Waals surface area contributed by atoms with E-state index in [2.05, 4.69) is 20.9 Å². The number of Topliss-reactive ketones (excluding diaryl/α,β-unsaturated/α-hetero) is 1. The number of carbonyl (C=O) groups excluding carboxylic acids is 1. The highest BCUT2D eigenvalue weighted by Gasteiger charge is 2.19. The smallest absolute Gasteiger partial charge is 0.164 e. The lowest BCUT2D eigenvalue weighted by Crippen LogP contribution is -2.06. The molecule has 1 aliphatic rings. The molecular weight excluding hydrogens is 254 g/mol. The van der Waals surface area contributed by atoms with Crippen LogP contribution in [0.4, 0.5) is 0 Å². The van der Waals surface area contributed by atoms with E-state index in [0.717, 1.165) is 10.0 Å². The van der Waals surface area contributed by atoms with E-state index in [-0.39, 0.29) is 5.78 Å². The predicted octanol–water partition coefficient (Wildman–Crippen LogP) is 3.61. The van der Waals surface area contributed by atoms with Crippen LogP contribution in [-0.2, 0) is 0 Å². The maximum atomic E-state index is 11.9. The van der Waals surface area contributed by atoms with Crippen LogP contribution in [0, 0.1) is 5.92 Å². The molecule has 0 atom stereocenters. The molecule has 0 amide bonds. The molecule has 1 aromatic heterocycles. The third-order valence-corrected chi connectivity index (χ3v) is 3.41. The summed E-state index contributed by atoms with van der Waals surface area (Å²) in [7, 11) is 0. The molecule has 1 aliphatic carbocycles. The fourth-order valence-electron chi connectivity index (χ4n) is 2.16. The van der Waals surface area contributed by atoms with Gasteiger partial charge in [0.1, 0.15) is 0 Å². The van der Waals surface area contributed by atoms with Crippen LogP contribution in [0.1, 0.15) is 42.5 Å². The number of hydrogen-bond donors (Lipinski definition) is 0. The zero-order valence-corrected chi connectivity index (χ0v) is 10.2. The Balaban J connectivity index is 2.01. The number of aromatic nitrogens is 1. The minimum Gasteiger partial charge on any atom is -0.294 e. The zero-order chi connectivity index (χ0) is 10.7. The van der Waals surface area contributed by atoms with Crippen LogP contribution >= 0.6 is 15.9 Å². The van der Waals surface area contributed by atoms with Crippen LogP contribution in [0.2, 0.25) is 0 Å². The summed E-state index contributed by atoms with van der Waals surface area (Å²) in [5.41, 5.74) is 0.733. The second-order valence-electron chi connectivity index (χ2n) is 4.17. The normalized spacial score (nSPS) is 16.9. The van der Waals surface area contributed by atoms with E-state index in [1.165, 1.54) is 25.7 Å². The Bertz CT molecular complexity index is 358. The molecular formula is C12H14BrNO. The molecule has 2 rings (SSSR count). The van der Waals surface area contributed by atoms with Gasteiger partial charge in [0.25, 0.3) is 0 Å². The minimum absolute atomic E-state index is 0.232. The van der Waals surface area contributed by atoms with Crippen LogP contribution in [0.25, 0.3) is 0 Å². The first kappa shape index (κ1) is 10.8. The molecule has 0 bridgehead atoms. The standard InChI is InChI=1S/C12H14BrNO/c13-11-6-10(7-14-8-11)12(15)5-9-3-1-2-4-9/h6-9H,1-5H2. The highest BCUT2D eigenvalue weighted by molar-refractivity contribution is 9.10. The Hall–Kier alpha value is -0.700. The van der Waals surface area contributed by atoms with E-state index in [9.17, 15) is 4.79 Å². The lowest BCUT2D eigenvalue weighted by Gasteiger charge is -2.07. The van der Waals surface area contributed by atoms with Crippen molar-refractivity contribution in [3.8, 4) is 0 Å². The third-order valence-electron chi connectivity index (χ3n) is 2.98. The van der Waals surface area contributed by atoms with Gasteiger partial charge in [-0.3, -0.25) is 9.78 Å². The molecule has 0 N–H and O–H groups in total. The Morgan fingerprint density at radius 1 is 1.40 bits per heavy atom. The van der Waals surface area contributed by atoms with Crippen molar-refractivity contribution in [3.63, 3.8) is 0 Å². The highest BCUT2D eigenvalue weighted by atomic mass is 79.9. The summed E-state index contributed by atoms with van der Waals surface area (Å²) in [5.74, 6) is 0.840. The molecule has 0 radical (unpaired) electrons. The molecule has 0 saturated heterocycles. The molecule has 2 nitrogen and oxygen atoms in total. The van der Waals surface area contributed by atoms with Crippen molar-refractivity contribution in [2.24, 2.45) is 5.92 Å². The first-order valence-electron chi connectivity index (χ1n) is 5.39. The van der Waals surface area contributed by atoms with Crippen LogP contribution in [0.3, 0.4) is 0 Å². The van der Waals surface area contributed by atoms with Gasteiger partial charge in [0, 0.05) is 28.9 Å². The van der Waals surface area contributed by atoms with E-state index in [1.807, 2.05) is 6.07 Å². The number of pyridine rings is 1. The van der Waals surface area contributed by atoms with Crippen LogP contribution < -0.4 is 0 Å². The minimum atomic E-state index is 0.232.